The van der Waals surface area contributed by atoms with Gasteiger partial charge < -0.3 is 15.8 Å². The van der Waals surface area contributed by atoms with E-state index in [0.29, 0.717) is 29.1 Å². The molecule has 4 rings (SSSR count). The summed E-state index contributed by atoms with van der Waals surface area (Å²) < 4.78 is 6.92. The summed E-state index contributed by atoms with van der Waals surface area (Å²) in [6.45, 7) is 0.780. The highest BCUT2D eigenvalue weighted by Gasteiger charge is 2.21. The highest BCUT2D eigenvalue weighted by molar-refractivity contribution is 5.85. The zero-order valence-electron chi connectivity index (χ0n) is 15.2. The standard InChI is InChI=1S/C18H23N7O.ClH/c1-26-15-8-6-14(7-9-15)25-17-16(23-24-25)11-20-18(22-17)21-13-4-2-12(10-19)3-5-13;/h6-9,11-13H,2-5,10,19H2,1H3,(H,20,21,22);1H. The summed E-state index contributed by atoms with van der Waals surface area (Å²) in [6.07, 6.45) is 6.21. The number of ether oxygens (including phenoxy) is 1. The number of aromatic nitrogens is 5. The first-order valence-electron chi connectivity index (χ1n) is 8.96. The molecule has 0 aliphatic heterocycles. The van der Waals surface area contributed by atoms with Gasteiger partial charge in [-0.25, -0.2) is 4.98 Å². The number of rotatable bonds is 5. The number of hydrogen-bond acceptors (Lipinski definition) is 7. The van der Waals surface area contributed by atoms with E-state index in [9.17, 15) is 0 Å². The van der Waals surface area contributed by atoms with Crippen molar-refractivity contribution < 1.29 is 4.74 Å². The summed E-state index contributed by atoms with van der Waals surface area (Å²) in [5.74, 6) is 2.06. The van der Waals surface area contributed by atoms with E-state index in [4.69, 9.17) is 10.5 Å². The molecule has 1 aliphatic carbocycles. The molecule has 1 fully saturated rings. The van der Waals surface area contributed by atoms with Gasteiger partial charge in [-0.15, -0.1) is 17.5 Å². The Morgan fingerprint density at radius 1 is 1.19 bits per heavy atom. The number of nitrogens with one attached hydrogen (secondary N) is 1. The SMILES string of the molecule is COc1ccc(-n2nnc3cnc(NC4CCC(CN)CC4)nc32)cc1.Cl. The Morgan fingerprint density at radius 2 is 1.93 bits per heavy atom. The highest BCUT2D eigenvalue weighted by atomic mass is 35.5. The van der Waals surface area contributed by atoms with Gasteiger partial charge in [0.2, 0.25) is 5.95 Å². The molecule has 8 nitrogen and oxygen atoms in total. The Labute approximate surface area is 163 Å². The van der Waals surface area contributed by atoms with Crippen LogP contribution in [0, 0.1) is 5.92 Å². The molecule has 3 N–H and O–H groups in total. The summed E-state index contributed by atoms with van der Waals surface area (Å²) >= 11 is 0. The van der Waals surface area contributed by atoms with Gasteiger partial charge in [-0.05, 0) is 62.4 Å². The number of methoxy groups -OCH3 is 1. The smallest absolute Gasteiger partial charge is 0.225 e. The molecule has 3 aromatic rings. The van der Waals surface area contributed by atoms with Gasteiger partial charge in [0.1, 0.15) is 5.75 Å². The molecule has 0 bridgehead atoms. The van der Waals surface area contributed by atoms with Crippen LogP contribution in [0.5, 0.6) is 5.75 Å². The number of halogens is 1. The maximum absolute atomic E-state index is 5.77. The van der Waals surface area contributed by atoms with Gasteiger partial charge in [0.15, 0.2) is 11.2 Å². The minimum absolute atomic E-state index is 0. The molecule has 1 aliphatic rings. The van der Waals surface area contributed by atoms with Crippen molar-refractivity contribution in [2.24, 2.45) is 11.7 Å². The van der Waals surface area contributed by atoms with E-state index in [1.54, 1.807) is 18.0 Å². The third-order valence-electron chi connectivity index (χ3n) is 5.02. The monoisotopic (exact) mass is 389 g/mol. The van der Waals surface area contributed by atoms with Crippen LogP contribution < -0.4 is 15.8 Å². The van der Waals surface area contributed by atoms with Crippen LogP contribution >= 0.6 is 12.4 Å². The molecular formula is C18H24ClN7O. The predicted octanol–water partition coefficient (Wildman–Crippen LogP) is 2.57. The van der Waals surface area contributed by atoms with Crippen LogP contribution in [0.4, 0.5) is 5.95 Å². The molecule has 2 aromatic heterocycles. The molecule has 9 heteroatoms. The van der Waals surface area contributed by atoms with Gasteiger partial charge >= 0.3 is 0 Å². The van der Waals surface area contributed by atoms with Gasteiger partial charge in [-0.3, -0.25) is 0 Å². The van der Waals surface area contributed by atoms with Crippen LogP contribution in [-0.4, -0.2) is 44.7 Å². The maximum Gasteiger partial charge on any atom is 0.225 e. The molecule has 144 valence electrons. The first kappa shape index (κ1) is 19.3. The summed E-state index contributed by atoms with van der Waals surface area (Å²) in [6, 6.07) is 8.02. The van der Waals surface area contributed by atoms with Crippen LogP contribution in [0.1, 0.15) is 25.7 Å². The van der Waals surface area contributed by atoms with Crippen LogP contribution in [0.25, 0.3) is 16.9 Å². The van der Waals surface area contributed by atoms with Crippen molar-refractivity contribution >= 4 is 29.5 Å². The molecule has 2 heterocycles. The minimum Gasteiger partial charge on any atom is -0.497 e. The van der Waals surface area contributed by atoms with Crippen LogP contribution in [0.2, 0.25) is 0 Å². The van der Waals surface area contributed by atoms with Gasteiger partial charge in [0.25, 0.3) is 0 Å². The van der Waals surface area contributed by atoms with E-state index in [2.05, 4.69) is 25.6 Å². The molecule has 0 unspecified atom stereocenters. The van der Waals surface area contributed by atoms with Crippen molar-refractivity contribution in [3.63, 3.8) is 0 Å². The second-order valence-electron chi connectivity index (χ2n) is 6.70. The van der Waals surface area contributed by atoms with E-state index < -0.39 is 0 Å². The summed E-state index contributed by atoms with van der Waals surface area (Å²) in [5, 5.41) is 11.8. The lowest BCUT2D eigenvalue weighted by Crippen LogP contribution is -2.29. The van der Waals surface area contributed by atoms with Crippen molar-refractivity contribution in [1.82, 2.24) is 25.0 Å². The van der Waals surface area contributed by atoms with Crippen molar-refractivity contribution in [1.29, 1.82) is 0 Å². The van der Waals surface area contributed by atoms with Crippen molar-refractivity contribution in [3.05, 3.63) is 30.5 Å². The number of hydrogen-bond donors (Lipinski definition) is 2. The van der Waals surface area contributed by atoms with Crippen molar-refractivity contribution in [2.45, 2.75) is 31.7 Å². The molecule has 0 saturated heterocycles. The molecule has 0 atom stereocenters. The Balaban J connectivity index is 0.00000210. The average molecular weight is 390 g/mol. The van der Waals surface area contributed by atoms with E-state index in [1.165, 1.54) is 0 Å². The normalized spacial score (nSPS) is 19.5. The molecular weight excluding hydrogens is 366 g/mol. The Bertz CT molecular complexity index is 875. The lowest BCUT2D eigenvalue weighted by molar-refractivity contribution is 0.344. The summed E-state index contributed by atoms with van der Waals surface area (Å²) in [4.78, 5) is 9.04. The van der Waals surface area contributed by atoms with Gasteiger partial charge in [-0.1, -0.05) is 5.21 Å². The summed E-state index contributed by atoms with van der Waals surface area (Å²) in [5.41, 5.74) is 8.00. The van der Waals surface area contributed by atoms with E-state index >= 15 is 0 Å². The fourth-order valence-corrected chi connectivity index (χ4v) is 3.42. The molecule has 1 saturated carbocycles. The minimum atomic E-state index is 0. The lowest BCUT2D eigenvalue weighted by Gasteiger charge is -2.28. The van der Waals surface area contributed by atoms with Gasteiger partial charge in [0, 0.05) is 6.04 Å². The second kappa shape index (κ2) is 8.49. The van der Waals surface area contributed by atoms with E-state index in [1.807, 2.05) is 24.3 Å². The van der Waals surface area contributed by atoms with Gasteiger partial charge in [-0.2, -0.15) is 9.67 Å². The van der Waals surface area contributed by atoms with Crippen LogP contribution in [-0.2, 0) is 0 Å². The molecule has 0 amide bonds. The number of nitrogens with two attached hydrogens (primary N) is 1. The number of nitrogens with zero attached hydrogens (tertiary/aromatic N) is 5. The predicted molar refractivity (Wildman–Crippen MR) is 107 cm³/mol. The fraction of sp³-hybridized carbons (Fsp3) is 0.444. The lowest BCUT2D eigenvalue weighted by atomic mass is 9.86. The second-order valence-corrected chi connectivity index (χ2v) is 6.70. The third kappa shape index (κ3) is 4.12. The molecule has 0 radical (unpaired) electrons. The zero-order valence-corrected chi connectivity index (χ0v) is 16.0. The van der Waals surface area contributed by atoms with Crippen molar-refractivity contribution in [2.75, 3.05) is 19.0 Å². The largest absolute Gasteiger partial charge is 0.497 e. The number of benzene rings is 1. The zero-order chi connectivity index (χ0) is 17.9. The molecule has 1 aromatic carbocycles. The fourth-order valence-electron chi connectivity index (χ4n) is 3.42. The highest BCUT2D eigenvalue weighted by Crippen LogP contribution is 2.25. The Morgan fingerprint density at radius 3 is 2.59 bits per heavy atom. The Kier molecular flexibility index (Phi) is 6.08. The maximum atomic E-state index is 5.77. The first-order chi connectivity index (χ1) is 12.8. The quantitative estimate of drug-likeness (QED) is 0.691. The first-order valence-corrected chi connectivity index (χ1v) is 8.96. The van der Waals surface area contributed by atoms with Crippen molar-refractivity contribution in [3.8, 4) is 11.4 Å². The van der Waals surface area contributed by atoms with Gasteiger partial charge in [0.05, 0.1) is 19.0 Å². The number of anilines is 1. The third-order valence-corrected chi connectivity index (χ3v) is 5.02. The van der Waals surface area contributed by atoms with Crippen LogP contribution in [0.15, 0.2) is 30.5 Å². The topological polar surface area (TPSA) is 104 Å². The molecule has 0 spiro atoms. The van der Waals surface area contributed by atoms with E-state index in [-0.39, 0.29) is 12.4 Å². The molecule has 27 heavy (non-hydrogen) atoms. The number of fused-ring (bicyclic) bond motifs is 1. The van der Waals surface area contributed by atoms with Crippen LogP contribution in [0.3, 0.4) is 0 Å². The summed E-state index contributed by atoms with van der Waals surface area (Å²) in [7, 11) is 1.64. The van der Waals surface area contributed by atoms with E-state index in [0.717, 1.165) is 43.7 Å². The Hall–Kier alpha value is -2.45. The average Bonchev–Trinajstić information content (AvgIpc) is 3.12.